The van der Waals surface area contributed by atoms with Crippen LogP contribution in [0.25, 0.3) is 0 Å². The molecule has 1 amide bonds. The molecule has 2 rings (SSSR count). The van der Waals surface area contributed by atoms with E-state index in [9.17, 15) is 4.79 Å². The Balaban J connectivity index is 2.02. The lowest BCUT2D eigenvalue weighted by Gasteiger charge is -2.18. The van der Waals surface area contributed by atoms with Crippen LogP contribution in [0.2, 0.25) is 5.02 Å². The summed E-state index contributed by atoms with van der Waals surface area (Å²) in [5.41, 5.74) is 0.725. The highest BCUT2D eigenvalue weighted by atomic mass is 79.9. The van der Waals surface area contributed by atoms with E-state index in [1.165, 1.54) is 0 Å². The Morgan fingerprint density at radius 2 is 2.32 bits per heavy atom. The fraction of sp³-hybridized carbons (Fsp3) is 0.462. The second kappa shape index (κ2) is 6.70. The Labute approximate surface area is 126 Å². The van der Waals surface area contributed by atoms with Crippen molar-refractivity contribution in [3.8, 4) is 0 Å². The van der Waals surface area contributed by atoms with E-state index in [0.717, 1.165) is 16.7 Å². The Hall–Kier alpha value is -0.620. The molecule has 104 valence electrons. The van der Waals surface area contributed by atoms with Gasteiger partial charge in [0.05, 0.1) is 24.2 Å². The topological polar surface area (TPSA) is 50.4 Å². The van der Waals surface area contributed by atoms with Crippen molar-refractivity contribution in [2.45, 2.75) is 13.0 Å². The molecule has 1 heterocycles. The van der Waals surface area contributed by atoms with E-state index in [4.69, 9.17) is 16.3 Å². The zero-order valence-corrected chi connectivity index (χ0v) is 12.9. The highest BCUT2D eigenvalue weighted by molar-refractivity contribution is 9.10. The van der Waals surface area contributed by atoms with E-state index in [2.05, 4.69) is 26.6 Å². The van der Waals surface area contributed by atoms with Gasteiger partial charge in [-0.2, -0.15) is 0 Å². The predicted molar refractivity (Wildman–Crippen MR) is 79.6 cm³/mol. The van der Waals surface area contributed by atoms with Crippen molar-refractivity contribution < 1.29 is 9.53 Å². The van der Waals surface area contributed by atoms with Gasteiger partial charge in [0.2, 0.25) is 5.91 Å². The van der Waals surface area contributed by atoms with Crippen molar-refractivity contribution in [1.29, 1.82) is 0 Å². The number of ether oxygens (including phenoxy) is 1. The van der Waals surface area contributed by atoms with Crippen LogP contribution in [0.1, 0.15) is 6.92 Å². The summed E-state index contributed by atoms with van der Waals surface area (Å²) >= 11 is 9.26. The Kier molecular flexibility index (Phi) is 5.21. The quantitative estimate of drug-likeness (QED) is 0.880. The number of carbonyl (C=O) groups excluding carboxylic acids is 1. The zero-order valence-electron chi connectivity index (χ0n) is 10.6. The molecule has 2 atom stereocenters. The molecule has 4 nitrogen and oxygen atoms in total. The molecule has 1 saturated heterocycles. The Bertz CT molecular complexity index is 470. The van der Waals surface area contributed by atoms with E-state index in [1.54, 1.807) is 18.2 Å². The highest BCUT2D eigenvalue weighted by Gasteiger charge is 2.33. The lowest BCUT2D eigenvalue weighted by atomic mass is 10.0. The van der Waals surface area contributed by atoms with E-state index < -0.39 is 0 Å². The van der Waals surface area contributed by atoms with Gasteiger partial charge in [-0.25, -0.2) is 0 Å². The maximum absolute atomic E-state index is 12.2. The van der Waals surface area contributed by atoms with Gasteiger partial charge in [0.1, 0.15) is 0 Å². The van der Waals surface area contributed by atoms with Gasteiger partial charge >= 0.3 is 0 Å². The smallest absolute Gasteiger partial charge is 0.231 e. The molecule has 0 aromatic heterocycles. The molecular formula is C13H16BrClN2O2. The van der Waals surface area contributed by atoms with Crippen LogP contribution in [0.3, 0.4) is 0 Å². The molecule has 0 aliphatic carbocycles. The van der Waals surface area contributed by atoms with Crippen LogP contribution in [0.4, 0.5) is 5.69 Å². The molecule has 2 unspecified atom stereocenters. The first-order valence-corrected chi connectivity index (χ1v) is 7.36. The SMILES string of the molecule is CCNC1COCC1C(=O)Nc1ccc(Cl)c(Br)c1. The van der Waals surface area contributed by atoms with Crippen molar-refractivity contribution in [1.82, 2.24) is 5.32 Å². The van der Waals surface area contributed by atoms with Gasteiger partial charge in [-0.05, 0) is 40.7 Å². The first-order chi connectivity index (χ1) is 9.11. The number of rotatable bonds is 4. The highest BCUT2D eigenvalue weighted by Crippen LogP contribution is 2.26. The number of nitrogens with one attached hydrogen (secondary N) is 2. The van der Waals surface area contributed by atoms with Crippen LogP contribution in [0.5, 0.6) is 0 Å². The van der Waals surface area contributed by atoms with Crippen molar-refractivity contribution in [2.75, 3.05) is 25.1 Å². The van der Waals surface area contributed by atoms with Crippen molar-refractivity contribution >= 4 is 39.1 Å². The first kappa shape index (κ1) is 14.8. The van der Waals surface area contributed by atoms with Gasteiger partial charge in [-0.3, -0.25) is 4.79 Å². The Morgan fingerprint density at radius 3 is 3.00 bits per heavy atom. The molecular weight excluding hydrogens is 332 g/mol. The first-order valence-electron chi connectivity index (χ1n) is 6.19. The monoisotopic (exact) mass is 346 g/mol. The minimum atomic E-state index is -0.158. The lowest BCUT2D eigenvalue weighted by molar-refractivity contribution is -0.120. The fourth-order valence-corrected chi connectivity index (χ4v) is 2.58. The maximum Gasteiger partial charge on any atom is 0.231 e. The van der Waals surface area contributed by atoms with Crippen LogP contribution in [-0.2, 0) is 9.53 Å². The average molecular weight is 348 g/mol. The van der Waals surface area contributed by atoms with Crippen LogP contribution < -0.4 is 10.6 Å². The molecule has 6 heteroatoms. The van der Waals surface area contributed by atoms with Gasteiger partial charge in [0, 0.05) is 16.2 Å². The third kappa shape index (κ3) is 3.69. The average Bonchev–Trinajstić information content (AvgIpc) is 2.83. The van der Waals surface area contributed by atoms with Gasteiger partial charge in [0.25, 0.3) is 0 Å². The number of likely N-dealkylation sites (N-methyl/N-ethyl adjacent to an activating group) is 1. The maximum atomic E-state index is 12.2. The predicted octanol–water partition coefficient (Wildman–Crippen LogP) is 2.67. The molecule has 1 aliphatic heterocycles. The van der Waals surface area contributed by atoms with Crippen LogP contribution in [-0.4, -0.2) is 31.7 Å². The molecule has 0 bridgehead atoms. The van der Waals surface area contributed by atoms with E-state index >= 15 is 0 Å². The minimum Gasteiger partial charge on any atom is -0.379 e. The fourth-order valence-electron chi connectivity index (χ4n) is 2.08. The molecule has 0 radical (unpaired) electrons. The zero-order chi connectivity index (χ0) is 13.8. The van der Waals surface area contributed by atoms with E-state index in [-0.39, 0.29) is 17.9 Å². The summed E-state index contributed by atoms with van der Waals surface area (Å²) in [6, 6.07) is 5.40. The number of hydrogen-bond donors (Lipinski definition) is 2. The number of carbonyl (C=O) groups is 1. The normalized spacial score (nSPS) is 22.5. The second-order valence-corrected chi connectivity index (χ2v) is 5.69. The number of amides is 1. The molecule has 1 fully saturated rings. The number of halogens is 2. The summed E-state index contributed by atoms with van der Waals surface area (Å²) in [5.74, 6) is -0.188. The molecule has 1 aliphatic rings. The largest absolute Gasteiger partial charge is 0.379 e. The van der Waals surface area contributed by atoms with Crippen LogP contribution >= 0.6 is 27.5 Å². The van der Waals surface area contributed by atoms with Gasteiger partial charge < -0.3 is 15.4 Å². The third-order valence-electron chi connectivity index (χ3n) is 3.07. The molecule has 1 aromatic rings. The van der Waals surface area contributed by atoms with Crippen LogP contribution in [0.15, 0.2) is 22.7 Å². The second-order valence-electron chi connectivity index (χ2n) is 4.43. The molecule has 1 aromatic carbocycles. The standard InChI is InChI=1S/C13H16BrClN2O2/c1-2-16-12-7-19-6-9(12)13(18)17-8-3-4-11(15)10(14)5-8/h3-5,9,12,16H,2,6-7H2,1H3,(H,17,18). The molecule has 0 spiro atoms. The Morgan fingerprint density at radius 1 is 1.53 bits per heavy atom. The molecule has 2 N–H and O–H groups in total. The van der Waals surface area contributed by atoms with Crippen molar-refractivity contribution in [2.24, 2.45) is 5.92 Å². The lowest BCUT2D eigenvalue weighted by Crippen LogP contribution is -2.41. The number of hydrogen-bond acceptors (Lipinski definition) is 3. The summed E-state index contributed by atoms with van der Waals surface area (Å²) in [6.07, 6.45) is 0. The molecule has 0 saturated carbocycles. The number of anilines is 1. The summed E-state index contributed by atoms with van der Waals surface area (Å²) < 4.78 is 6.13. The summed E-state index contributed by atoms with van der Waals surface area (Å²) in [6.45, 7) is 3.88. The summed E-state index contributed by atoms with van der Waals surface area (Å²) in [5, 5.41) is 6.78. The van der Waals surface area contributed by atoms with E-state index in [1.807, 2.05) is 6.92 Å². The summed E-state index contributed by atoms with van der Waals surface area (Å²) in [4.78, 5) is 12.2. The van der Waals surface area contributed by atoms with Gasteiger partial charge in [-0.1, -0.05) is 18.5 Å². The third-order valence-corrected chi connectivity index (χ3v) is 4.28. The number of benzene rings is 1. The van der Waals surface area contributed by atoms with E-state index in [0.29, 0.717) is 18.2 Å². The summed E-state index contributed by atoms with van der Waals surface area (Å²) in [7, 11) is 0. The van der Waals surface area contributed by atoms with Gasteiger partial charge in [-0.15, -0.1) is 0 Å². The van der Waals surface area contributed by atoms with Gasteiger partial charge in [0.15, 0.2) is 0 Å². The molecule has 19 heavy (non-hydrogen) atoms. The van der Waals surface area contributed by atoms with Crippen LogP contribution in [0, 0.1) is 5.92 Å². The van der Waals surface area contributed by atoms with Crippen molar-refractivity contribution in [3.63, 3.8) is 0 Å². The van der Waals surface area contributed by atoms with Crippen molar-refractivity contribution in [3.05, 3.63) is 27.7 Å². The minimum absolute atomic E-state index is 0.0299.